The summed E-state index contributed by atoms with van der Waals surface area (Å²) in [7, 11) is -3.04. The average Bonchev–Trinajstić information content (AvgIpc) is 2.94. The van der Waals surface area contributed by atoms with Crippen LogP contribution >= 0.6 is 0 Å². The maximum atomic E-state index is 13.8. The van der Waals surface area contributed by atoms with Crippen LogP contribution in [0.2, 0.25) is 0 Å². The quantitative estimate of drug-likeness (QED) is 0.205. The lowest BCUT2D eigenvalue weighted by atomic mass is 9.72. The molecule has 236 valence electrons. The zero-order valence-electron chi connectivity index (χ0n) is 26.0. The number of Topliss-reactive ketones (excluding diaryl/α,β-unsaturated/α-hetero) is 1. The number of hydrogen-bond donors (Lipinski definition) is 5. The highest BCUT2D eigenvalue weighted by Crippen LogP contribution is 2.52. The summed E-state index contributed by atoms with van der Waals surface area (Å²) in [5.74, 6) is -7.64. The molecular formula is C29H28F3NO11. The summed E-state index contributed by atoms with van der Waals surface area (Å²) in [6, 6.07) is 1.96. The lowest BCUT2D eigenvalue weighted by Crippen LogP contribution is -2.57. The molecule has 0 bridgehead atoms. The maximum absolute atomic E-state index is 13.8. The molecule has 15 heteroatoms. The van der Waals surface area contributed by atoms with Crippen molar-refractivity contribution in [2.24, 2.45) is 0 Å². The first kappa shape index (κ1) is 27.5. The number of methoxy groups -OCH3 is 1. The van der Waals surface area contributed by atoms with Crippen LogP contribution in [0.15, 0.2) is 18.2 Å². The largest absolute Gasteiger partial charge is 0.507 e. The van der Waals surface area contributed by atoms with E-state index in [1.165, 1.54) is 19.1 Å². The van der Waals surface area contributed by atoms with Gasteiger partial charge in [-0.1, -0.05) is 12.1 Å². The van der Waals surface area contributed by atoms with Gasteiger partial charge < -0.3 is 40.0 Å². The Kier molecular flexibility index (Phi) is 6.77. The number of aliphatic hydroxyl groups is 2. The van der Waals surface area contributed by atoms with E-state index < -0.39 is 126 Å². The summed E-state index contributed by atoms with van der Waals surface area (Å²) in [5, 5.41) is 46.3. The Bertz CT molecular complexity index is 1700. The first-order valence-corrected chi connectivity index (χ1v) is 13.3. The number of phenols is 2. The lowest BCUT2D eigenvalue weighted by Gasteiger charge is -2.42. The number of amides is 1. The summed E-state index contributed by atoms with van der Waals surface area (Å²) in [5.41, 5.74) is -5.35. The van der Waals surface area contributed by atoms with Crippen molar-refractivity contribution in [3.63, 3.8) is 0 Å². The Morgan fingerprint density at radius 3 is 2.45 bits per heavy atom. The van der Waals surface area contributed by atoms with Crippen LogP contribution in [-0.4, -0.2) is 87.0 Å². The summed E-state index contributed by atoms with van der Waals surface area (Å²) < 4.78 is 77.5. The molecule has 0 radical (unpaired) electrons. The molecule has 5 N–H and O–H groups in total. The van der Waals surface area contributed by atoms with E-state index in [-0.39, 0.29) is 16.7 Å². The van der Waals surface area contributed by atoms with Crippen LogP contribution in [0.3, 0.4) is 0 Å². The van der Waals surface area contributed by atoms with E-state index in [2.05, 4.69) is 0 Å². The standard InChI is InChI=1S/C29H28F3NO11/c1-10-22(35)14(33-27(40)29(30,31)32)7-17(43-10)44-16-9-28(41,11(2)34)8-13-19(16)26(39)21-20(24(13)37)23(36)12-5-4-6-15(42-3)18(12)25(21)38/h4-6,10,14,16-17,22,35,37,39,41H,7-9H2,1-3H3,(H,33,40)/t10-,14-,16-,17-,22+,28-/m0/s1/i3+1D3. The topological polar surface area (TPSA) is 189 Å². The molecule has 1 fully saturated rings. The fourth-order valence-electron chi connectivity index (χ4n) is 5.93. The van der Waals surface area contributed by atoms with Gasteiger partial charge in [0.2, 0.25) is 5.78 Å². The van der Waals surface area contributed by atoms with Crippen LogP contribution in [0, 0.1) is 0 Å². The molecular weight excluding hydrogens is 596 g/mol. The van der Waals surface area contributed by atoms with E-state index >= 15 is 0 Å². The number of phenolic OH excluding ortho intramolecular Hbond substituents is 2. The second kappa shape index (κ2) is 10.8. The highest BCUT2D eigenvalue weighted by molar-refractivity contribution is 6.31. The Labute approximate surface area is 251 Å². The minimum Gasteiger partial charge on any atom is -0.507 e. The van der Waals surface area contributed by atoms with Crippen molar-refractivity contribution in [3.8, 4) is 17.2 Å². The normalized spacial score (nSPS) is 29.3. The summed E-state index contributed by atoms with van der Waals surface area (Å²) in [6.45, 7) is 2.29. The number of aromatic hydroxyl groups is 2. The fraction of sp³-hybridized carbons (Fsp3) is 0.448. The first-order valence-electron chi connectivity index (χ1n) is 14.8. The third kappa shape index (κ3) is 4.99. The monoisotopic (exact) mass is 627 g/mol. The number of alkyl halides is 3. The van der Waals surface area contributed by atoms with E-state index in [0.29, 0.717) is 0 Å². The number of halogens is 3. The molecule has 1 heterocycles. The SMILES string of the molecule is [2H][13C]([2H])([2H])Oc1cccc2c1C(=O)c1c(O)c3c(c(O)c1C2=O)C[C@@](O)(C(C)=O)C[C@@H]3O[C@H]1C[C@H](NC(=O)C(F)(F)F)[C@H](O)[C@H](C)O1. The highest BCUT2D eigenvalue weighted by Gasteiger charge is 2.50. The summed E-state index contributed by atoms with van der Waals surface area (Å²) >= 11 is 0. The van der Waals surface area contributed by atoms with Crippen molar-refractivity contribution in [1.82, 2.24) is 5.32 Å². The predicted molar refractivity (Wildman–Crippen MR) is 140 cm³/mol. The molecule has 0 spiro atoms. The van der Waals surface area contributed by atoms with Crippen molar-refractivity contribution in [2.45, 2.75) is 75.5 Å². The summed E-state index contributed by atoms with van der Waals surface area (Å²) in [6.07, 6.45) is -13.2. The molecule has 0 unspecified atom stereocenters. The smallest absolute Gasteiger partial charge is 0.471 e. The molecule has 6 atom stereocenters. The Morgan fingerprint density at radius 2 is 1.82 bits per heavy atom. The maximum Gasteiger partial charge on any atom is 0.471 e. The van der Waals surface area contributed by atoms with E-state index in [4.69, 9.17) is 18.3 Å². The third-order valence-corrected chi connectivity index (χ3v) is 8.22. The summed E-state index contributed by atoms with van der Waals surface area (Å²) in [4.78, 5) is 51.7. The van der Waals surface area contributed by atoms with Crippen LogP contribution in [0.25, 0.3) is 0 Å². The van der Waals surface area contributed by atoms with Crippen molar-refractivity contribution in [2.75, 3.05) is 7.04 Å². The minimum absolute atomic E-state index is 0.361. The average molecular weight is 628 g/mol. The number of hydrogen-bond acceptors (Lipinski definition) is 11. The fourth-order valence-corrected chi connectivity index (χ4v) is 5.93. The van der Waals surface area contributed by atoms with Gasteiger partial charge in [-0.05, 0) is 19.9 Å². The van der Waals surface area contributed by atoms with Gasteiger partial charge in [-0.25, -0.2) is 0 Å². The van der Waals surface area contributed by atoms with Gasteiger partial charge in [0.05, 0.1) is 46.1 Å². The molecule has 0 aromatic heterocycles. The van der Waals surface area contributed by atoms with Crippen LogP contribution in [0.1, 0.15) is 79.9 Å². The van der Waals surface area contributed by atoms with Crippen LogP contribution in [-0.2, 0) is 25.5 Å². The van der Waals surface area contributed by atoms with Crippen molar-refractivity contribution >= 4 is 23.3 Å². The Morgan fingerprint density at radius 1 is 1.14 bits per heavy atom. The van der Waals surface area contributed by atoms with Crippen LogP contribution in [0.5, 0.6) is 17.2 Å². The number of carbonyl (C=O) groups is 4. The first-order chi connectivity index (χ1) is 21.6. The number of rotatable bonds is 5. The molecule has 3 aliphatic rings. The van der Waals surface area contributed by atoms with E-state index in [0.717, 1.165) is 13.0 Å². The van der Waals surface area contributed by atoms with Crippen molar-refractivity contribution < 1.29 is 71.1 Å². The molecule has 1 saturated heterocycles. The number of nitrogens with one attached hydrogen (secondary N) is 1. The van der Waals surface area contributed by atoms with Crippen molar-refractivity contribution in [3.05, 3.63) is 51.6 Å². The van der Waals surface area contributed by atoms with Gasteiger partial charge in [0.25, 0.3) is 0 Å². The van der Waals surface area contributed by atoms with Gasteiger partial charge in [0, 0.05) is 36.0 Å². The number of benzene rings is 2. The second-order valence-corrected chi connectivity index (χ2v) is 10.9. The minimum atomic E-state index is -5.28. The zero-order chi connectivity index (χ0) is 35.0. The van der Waals surface area contributed by atoms with Crippen LogP contribution < -0.4 is 10.1 Å². The van der Waals surface area contributed by atoms with E-state index in [1.54, 1.807) is 5.32 Å². The number of carbonyl (C=O) groups excluding carboxylic acids is 4. The Hall–Kier alpha value is -4.05. The predicted octanol–water partition coefficient (Wildman–Crippen LogP) is 1.75. The van der Waals surface area contributed by atoms with Gasteiger partial charge in [0.1, 0.15) is 29.0 Å². The molecule has 44 heavy (non-hydrogen) atoms. The Balaban J connectivity index is 1.61. The van der Waals surface area contributed by atoms with Gasteiger partial charge in [0.15, 0.2) is 17.9 Å². The molecule has 0 saturated carbocycles. The molecule has 1 aliphatic heterocycles. The molecule has 5 rings (SSSR count). The van der Waals surface area contributed by atoms with Gasteiger partial charge in [-0.15, -0.1) is 0 Å². The zero-order valence-corrected chi connectivity index (χ0v) is 23.0. The highest BCUT2D eigenvalue weighted by atomic mass is 19.4. The van der Waals surface area contributed by atoms with E-state index in [1.807, 2.05) is 0 Å². The molecule has 1 amide bonds. The number of ketones is 3. The molecule has 2 aliphatic carbocycles. The van der Waals surface area contributed by atoms with Crippen molar-refractivity contribution in [1.29, 1.82) is 0 Å². The molecule has 2 aromatic rings. The van der Waals surface area contributed by atoms with E-state index in [9.17, 15) is 52.8 Å². The number of fused-ring (bicyclic) bond motifs is 3. The van der Waals surface area contributed by atoms with Gasteiger partial charge in [-0.2, -0.15) is 13.2 Å². The van der Waals surface area contributed by atoms with Gasteiger partial charge >= 0.3 is 12.1 Å². The van der Waals surface area contributed by atoms with Gasteiger partial charge in [-0.3, -0.25) is 19.2 Å². The lowest BCUT2D eigenvalue weighted by molar-refractivity contribution is -0.250. The van der Waals surface area contributed by atoms with Crippen LogP contribution in [0.4, 0.5) is 13.2 Å². The molecule has 2 aromatic carbocycles. The molecule has 12 nitrogen and oxygen atoms in total. The third-order valence-electron chi connectivity index (χ3n) is 8.22. The number of aliphatic hydroxyl groups excluding tert-OH is 1. The number of ether oxygens (including phenoxy) is 3. The second-order valence-electron chi connectivity index (χ2n) is 10.9.